The predicted molar refractivity (Wildman–Crippen MR) is 90.6 cm³/mol. The Bertz CT molecular complexity index is 691. The first kappa shape index (κ1) is 15.7. The number of benzene rings is 2. The van der Waals surface area contributed by atoms with Crippen LogP contribution in [0.25, 0.3) is 11.1 Å². The summed E-state index contributed by atoms with van der Waals surface area (Å²) in [7, 11) is 0. The van der Waals surface area contributed by atoms with Gasteiger partial charge >= 0.3 is 6.09 Å². The number of nitrogens with one attached hydrogen (secondary N) is 1. The summed E-state index contributed by atoms with van der Waals surface area (Å²) in [5.41, 5.74) is 14.7. The molecule has 0 aromatic heterocycles. The molecule has 1 amide bonds. The van der Waals surface area contributed by atoms with Crippen molar-refractivity contribution in [3.05, 3.63) is 42.5 Å². The molecule has 0 spiro atoms. The van der Waals surface area contributed by atoms with Crippen LogP contribution in [0, 0.1) is 0 Å². The quantitative estimate of drug-likeness (QED) is 0.734. The summed E-state index contributed by atoms with van der Waals surface area (Å²) < 4.78 is 5.24. The second kappa shape index (κ2) is 5.97. The first-order chi connectivity index (χ1) is 10.3. The third-order valence-corrected chi connectivity index (χ3v) is 2.96. The molecular weight excluding hydrogens is 278 g/mol. The highest BCUT2D eigenvalue weighted by molar-refractivity contribution is 5.91. The third-order valence-electron chi connectivity index (χ3n) is 2.96. The molecule has 0 atom stereocenters. The zero-order valence-corrected chi connectivity index (χ0v) is 13.0. The molecule has 0 aliphatic heterocycles. The van der Waals surface area contributed by atoms with Gasteiger partial charge in [-0.05, 0) is 44.5 Å². The summed E-state index contributed by atoms with van der Waals surface area (Å²) in [5.74, 6) is 0. The van der Waals surface area contributed by atoms with Gasteiger partial charge in [-0.25, -0.2) is 4.79 Å². The van der Waals surface area contributed by atoms with Crippen molar-refractivity contribution in [2.24, 2.45) is 0 Å². The highest BCUT2D eigenvalue weighted by Gasteiger charge is 2.17. The molecule has 0 aliphatic carbocycles. The number of carbonyl (C=O) groups excluding carboxylic acids is 1. The molecule has 116 valence electrons. The van der Waals surface area contributed by atoms with E-state index in [4.69, 9.17) is 16.2 Å². The van der Waals surface area contributed by atoms with Gasteiger partial charge in [-0.3, -0.25) is 5.32 Å². The van der Waals surface area contributed by atoms with E-state index in [9.17, 15) is 4.79 Å². The van der Waals surface area contributed by atoms with Crippen LogP contribution in [0.3, 0.4) is 0 Å². The van der Waals surface area contributed by atoms with E-state index in [2.05, 4.69) is 5.32 Å². The average Bonchev–Trinajstić information content (AvgIpc) is 2.40. The van der Waals surface area contributed by atoms with Gasteiger partial charge in [0.05, 0.1) is 11.4 Å². The van der Waals surface area contributed by atoms with Crippen molar-refractivity contribution < 1.29 is 9.53 Å². The summed E-state index contributed by atoms with van der Waals surface area (Å²) in [5, 5.41) is 2.67. The van der Waals surface area contributed by atoms with Gasteiger partial charge in [-0.2, -0.15) is 0 Å². The number of anilines is 3. The van der Waals surface area contributed by atoms with Crippen molar-refractivity contribution in [2.75, 3.05) is 16.8 Å². The lowest BCUT2D eigenvalue weighted by Crippen LogP contribution is -2.27. The van der Waals surface area contributed by atoms with E-state index in [0.29, 0.717) is 17.1 Å². The molecule has 0 heterocycles. The Balaban J connectivity index is 2.28. The van der Waals surface area contributed by atoms with Gasteiger partial charge < -0.3 is 16.2 Å². The molecule has 0 unspecified atom stereocenters. The molecule has 0 radical (unpaired) electrons. The number of nitrogens with two attached hydrogens (primary N) is 2. The van der Waals surface area contributed by atoms with E-state index in [-0.39, 0.29) is 0 Å². The number of nitrogen functional groups attached to an aromatic ring is 2. The Morgan fingerprint density at radius 1 is 1.05 bits per heavy atom. The van der Waals surface area contributed by atoms with Crippen LogP contribution in [-0.2, 0) is 4.74 Å². The molecule has 5 nitrogen and oxygen atoms in total. The van der Waals surface area contributed by atoms with Crippen LogP contribution >= 0.6 is 0 Å². The summed E-state index contributed by atoms with van der Waals surface area (Å²) >= 11 is 0. The molecule has 22 heavy (non-hydrogen) atoms. The lowest BCUT2D eigenvalue weighted by atomic mass is 10.0. The van der Waals surface area contributed by atoms with Crippen LogP contribution < -0.4 is 16.8 Å². The number of rotatable bonds is 2. The van der Waals surface area contributed by atoms with Crippen LogP contribution in [0.4, 0.5) is 21.9 Å². The van der Waals surface area contributed by atoms with E-state index < -0.39 is 11.7 Å². The maximum absolute atomic E-state index is 11.9. The number of hydrogen-bond acceptors (Lipinski definition) is 4. The largest absolute Gasteiger partial charge is 0.444 e. The smallest absolute Gasteiger partial charge is 0.412 e. The summed E-state index contributed by atoms with van der Waals surface area (Å²) in [6.07, 6.45) is -0.544. The van der Waals surface area contributed by atoms with Crippen molar-refractivity contribution in [1.29, 1.82) is 0 Å². The lowest BCUT2D eigenvalue weighted by molar-refractivity contribution is 0.0636. The molecule has 0 aliphatic rings. The fourth-order valence-corrected chi connectivity index (χ4v) is 2.01. The predicted octanol–water partition coefficient (Wildman–Crippen LogP) is 3.87. The van der Waals surface area contributed by atoms with Gasteiger partial charge in [0.25, 0.3) is 0 Å². The minimum atomic E-state index is -0.569. The Morgan fingerprint density at radius 3 is 2.36 bits per heavy atom. The number of ether oxygens (including phenoxy) is 1. The van der Waals surface area contributed by atoms with Crippen molar-refractivity contribution >= 4 is 23.2 Å². The van der Waals surface area contributed by atoms with E-state index in [1.165, 1.54) is 0 Å². The Kier molecular flexibility index (Phi) is 4.26. The Labute approximate surface area is 130 Å². The zero-order valence-electron chi connectivity index (χ0n) is 13.0. The van der Waals surface area contributed by atoms with Gasteiger partial charge in [0.2, 0.25) is 0 Å². The van der Waals surface area contributed by atoms with Crippen molar-refractivity contribution in [3.8, 4) is 11.1 Å². The normalized spacial score (nSPS) is 11.0. The molecule has 0 saturated heterocycles. The number of para-hydroxylation sites is 1. The first-order valence-electron chi connectivity index (χ1n) is 7.01. The second-order valence-electron chi connectivity index (χ2n) is 6.02. The second-order valence-corrected chi connectivity index (χ2v) is 6.02. The zero-order chi connectivity index (χ0) is 16.3. The van der Waals surface area contributed by atoms with E-state index in [1.54, 1.807) is 32.9 Å². The molecule has 2 aromatic carbocycles. The van der Waals surface area contributed by atoms with Crippen molar-refractivity contribution in [2.45, 2.75) is 26.4 Å². The van der Waals surface area contributed by atoms with Gasteiger partial charge in [-0.15, -0.1) is 0 Å². The lowest BCUT2D eigenvalue weighted by Gasteiger charge is -2.20. The molecule has 0 bridgehead atoms. The fraction of sp³-hybridized carbons (Fsp3) is 0.235. The summed E-state index contributed by atoms with van der Waals surface area (Å²) in [6.45, 7) is 5.41. The third kappa shape index (κ3) is 3.91. The van der Waals surface area contributed by atoms with E-state index >= 15 is 0 Å². The van der Waals surface area contributed by atoms with Gasteiger partial charge in [0, 0.05) is 11.3 Å². The van der Waals surface area contributed by atoms with Crippen LogP contribution in [0.1, 0.15) is 20.8 Å². The minimum absolute atomic E-state index is 0.462. The average molecular weight is 299 g/mol. The summed E-state index contributed by atoms with van der Waals surface area (Å²) in [4.78, 5) is 11.9. The number of hydrogen-bond donors (Lipinski definition) is 3. The van der Waals surface area contributed by atoms with Crippen LogP contribution in [-0.4, -0.2) is 11.7 Å². The van der Waals surface area contributed by atoms with E-state index in [0.717, 1.165) is 11.1 Å². The highest BCUT2D eigenvalue weighted by atomic mass is 16.6. The SMILES string of the molecule is CC(C)(C)OC(=O)Nc1cc(-c2ccccc2N)ccc1N. The number of carbonyl (C=O) groups is 1. The van der Waals surface area contributed by atoms with E-state index in [1.807, 2.05) is 30.3 Å². The van der Waals surface area contributed by atoms with Gasteiger partial charge in [-0.1, -0.05) is 24.3 Å². The highest BCUT2D eigenvalue weighted by Crippen LogP contribution is 2.30. The maximum Gasteiger partial charge on any atom is 0.412 e. The standard InChI is InChI=1S/C17H21N3O2/c1-17(2,3)22-16(21)20-15-10-11(8-9-14(15)19)12-6-4-5-7-13(12)18/h4-10H,18-19H2,1-3H3,(H,20,21). The Hall–Kier alpha value is -2.69. The maximum atomic E-state index is 11.9. The molecular formula is C17H21N3O2. The molecule has 0 fully saturated rings. The molecule has 2 aromatic rings. The molecule has 2 rings (SSSR count). The van der Waals surface area contributed by atoms with Gasteiger partial charge in [0.1, 0.15) is 5.60 Å². The minimum Gasteiger partial charge on any atom is -0.444 e. The Morgan fingerprint density at radius 2 is 1.73 bits per heavy atom. The topological polar surface area (TPSA) is 90.4 Å². The van der Waals surface area contributed by atoms with Crippen molar-refractivity contribution in [1.82, 2.24) is 0 Å². The number of amides is 1. The molecule has 5 N–H and O–H groups in total. The fourth-order valence-electron chi connectivity index (χ4n) is 2.01. The van der Waals surface area contributed by atoms with Gasteiger partial charge in [0.15, 0.2) is 0 Å². The van der Waals surface area contributed by atoms with Crippen LogP contribution in [0.2, 0.25) is 0 Å². The van der Waals surface area contributed by atoms with Crippen LogP contribution in [0.15, 0.2) is 42.5 Å². The molecule has 5 heteroatoms. The van der Waals surface area contributed by atoms with Crippen molar-refractivity contribution in [3.63, 3.8) is 0 Å². The first-order valence-corrected chi connectivity index (χ1v) is 7.01. The monoisotopic (exact) mass is 299 g/mol. The van der Waals surface area contributed by atoms with Crippen LogP contribution in [0.5, 0.6) is 0 Å². The molecule has 0 saturated carbocycles. The summed E-state index contributed by atoms with van der Waals surface area (Å²) in [6, 6.07) is 12.9.